The first-order valence-corrected chi connectivity index (χ1v) is 33.5. The van der Waals surface area contributed by atoms with E-state index in [0.717, 1.165) is 183 Å². The number of fused-ring (bicyclic) bond motifs is 12. The van der Waals surface area contributed by atoms with Crippen molar-refractivity contribution in [2.24, 2.45) is 0 Å². The summed E-state index contributed by atoms with van der Waals surface area (Å²) in [5.41, 5.74) is 24.8. The second-order valence-corrected chi connectivity index (χ2v) is 26.0. The van der Waals surface area contributed by atoms with Crippen molar-refractivity contribution in [3.05, 3.63) is 326 Å². The van der Waals surface area contributed by atoms with E-state index in [1.54, 1.807) is 0 Å². The Morgan fingerprint density at radius 2 is 0.459 bits per heavy atom. The summed E-state index contributed by atoms with van der Waals surface area (Å²) in [6.07, 6.45) is 0. The normalized spacial score (nSPS) is 11.9. The van der Waals surface area contributed by atoms with Gasteiger partial charge in [0.25, 0.3) is 0 Å². The monoisotopic (exact) mass is 1250 g/mol. The third kappa shape index (κ3) is 8.91. The molecule has 19 aromatic rings. The van der Waals surface area contributed by atoms with Gasteiger partial charge in [0.05, 0.1) is 101 Å². The number of benzene rings is 13. The molecule has 19 rings (SSSR count). The van der Waals surface area contributed by atoms with Crippen LogP contribution in [-0.4, -0.2) is 38.2 Å². The van der Waals surface area contributed by atoms with Crippen LogP contribution in [0.5, 0.6) is 0 Å². The van der Waals surface area contributed by atoms with Crippen molar-refractivity contribution in [2.75, 3.05) is 0 Å². The fourth-order valence-electron chi connectivity index (χ4n) is 15.5. The molecule has 98 heavy (non-hydrogen) atoms. The minimum atomic E-state index is 0.524. The van der Waals surface area contributed by atoms with Gasteiger partial charge >= 0.3 is 0 Å². The maximum atomic E-state index is 6.13. The zero-order valence-electron chi connectivity index (χ0n) is 54.4. The van der Waals surface area contributed by atoms with Gasteiger partial charge < -0.3 is 18.3 Å². The SMILES string of the molecule is Cc1ccc2c(c1)c1ccccc1n2-c1c(-c2cc(-c3ccccc3)nc(-c3ccccc3)n2)c(-n2c3ccccc3c3cc(C)ccc32)c(-n2c3ccccc3c3cc(C)ccc32)c(-n2c3ccccc3c3cc(C)ccc32)c1-c1nc(-c2ccccc2)cc(-c2ccccc2)n1. The molecule has 0 bridgehead atoms. The number of para-hydroxylation sites is 4. The molecule has 0 unspecified atom stereocenters. The predicted octanol–water partition coefficient (Wildman–Crippen LogP) is 22.9. The Bertz CT molecular complexity index is 6070. The van der Waals surface area contributed by atoms with Gasteiger partial charge in [0.15, 0.2) is 11.6 Å². The molecule has 0 aliphatic rings. The van der Waals surface area contributed by atoms with Crippen molar-refractivity contribution in [3.63, 3.8) is 0 Å². The van der Waals surface area contributed by atoms with Crippen LogP contribution in [0.1, 0.15) is 22.3 Å². The topological polar surface area (TPSA) is 71.3 Å². The van der Waals surface area contributed by atoms with E-state index in [-0.39, 0.29) is 0 Å². The second kappa shape index (κ2) is 22.4. The van der Waals surface area contributed by atoms with Gasteiger partial charge in [-0.05, 0) is 113 Å². The summed E-state index contributed by atoms with van der Waals surface area (Å²) in [6, 6.07) is 110. The molecule has 0 amide bonds. The predicted molar refractivity (Wildman–Crippen MR) is 407 cm³/mol. The van der Waals surface area contributed by atoms with Crippen LogP contribution in [-0.2, 0) is 0 Å². The van der Waals surface area contributed by atoms with Crippen molar-refractivity contribution < 1.29 is 0 Å². The first-order chi connectivity index (χ1) is 48.3. The van der Waals surface area contributed by atoms with E-state index < -0.39 is 0 Å². The lowest BCUT2D eigenvalue weighted by molar-refractivity contribution is 1.03. The fraction of sp³-hybridized carbons (Fsp3) is 0.0444. The molecule has 0 N–H and O–H groups in total. The van der Waals surface area contributed by atoms with E-state index in [9.17, 15) is 0 Å². The molecule has 0 aliphatic carbocycles. The zero-order chi connectivity index (χ0) is 65.3. The highest BCUT2D eigenvalue weighted by molar-refractivity contribution is 6.19. The van der Waals surface area contributed by atoms with Crippen molar-refractivity contribution >= 4 is 87.2 Å². The van der Waals surface area contributed by atoms with Gasteiger partial charge in [0.2, 0.25) is 0 Å². The minimum absolute atomic E-state index is 0.524. The summed E-state index contributed by atoms with van der Waals surface area (Å²) in [7, 11) is 0. The maximum Gasteiger partial charge on any atom is 0.164 e. The number of hydrogen-bond donors (Lipinski definition) is 0. The molecule has 0 aliphatic heterocycles. The van der Waals surface area contributed by atoms with Crippen LogP contribution >= 0.6 is 0 Å². The van der Waals surface area contributed by atoms with Crippen LogP contribution in [0.25, 0.3) is 178 Å². The molecule has 0 fully saturated rings. The summed E-state index contributed by atoms with van der Waals surface area (Å²) in [6.45, 7) is 8.79. The lowest BCUT2D eigenvalue weighted by atomic mass is 9.93. The second-order valence-electron chi connectivity index (χ2n) is 26.0. The lowest BCUT2D eigenvalue weighted by Gasteiger charge is -2.31. The largest absolute Gasteiger partial charge is 0.308 e. The summed E-state index contributed by atoms with van der Waals surface area (Å²) >= 11 is 0. The lowest BCUT2D eigenvalue weighted by Crippen LogP contribution is -2.17. The summed E-state index contributed by atoms with van der Waals surface area (Å²) < 4.78 is 10.2. The van der Waals surface area contributed by atoms with Crippen LogP contribution in [0, 0.1) is 27.7 Å². The maximum absolute atomic E-state index is 6.13. The van der Waals surface area contributed by atoms with Gasteiger partial charge in [-0.15, -0.1) is 0 Å². The third-order valence-electron chi connectivity index (χ3n) is 19.8. The van der Waals surface area contributed by atoms with Gasteiger partial charge in [-0.3, -0.25) is 0 Å². The summed E-state index contributed by atoms with van der Waals surface area (Å²) in [4.78, 5) is 24.0. The molecule has 13 aromatic carbocycles. The Labute approximate surface area is 565 Å². The average molecular weight is 1260 g/mol. The molecule has 8 heteroatoms. The van der Waals surface area contributed by atoms with Gasteiger partial charge in [-0.1, -0.05) is 241 Å². The van der Waals surface area contributed by atoms with E-state index in [2.05, 4.69) is 349 Å². The molecule has 0 radical (unpaired) electrons. The Morgan fingerprint density at radius 3 is 0.827 bits per heavy atom. The van der Waals surface area contributed by atoms with Crippen LogP contribution in [0.15, 0.2) is 303 Å². The Morgan fingerprint density at radius 1 is 0.194 bits per heavy atom. The Kier molecular flexibility index (Phi) is 13.0. The number of hydrogen-bond acceptors (Lipinski definition) is 4. The highest BCUT2D eigenvalue weighted by atomic mass is 15.1. The van der Waals surface area contributed by atoms with E-state index in [4.69, 9.17) is 19.9 Å². The van der Waals surface area contributed by atoms with Crippen LogP contribution in [0.2, 0.25) is 0 Å². The number of aromatic nitrogens is 8. The van der Waals surface area contributed by atoms with Crippen molar-refractivity contribution in [3.8, 4) is 90.6 Å². The van der Waals surface area contributed by atoms with E-state index in [1.165, 1.54) is 0 Å². The molecular formula is C90H62N8. The zero-order valence-corrected chi connectivity index (χ0v) is 54.4. The highest BCUT2D eigenvalue weighted by Gasteiger charge is 2.38. The third-order valence-corrected chi connectivity index (χ3v) is 19.8. The standard InChI is InChI=1S/C90H62N8/c1-55-41-45-79-67(49-55)63-33-17-21-37-75(63)95(79)85-83(74-54-73(61-29-13-7-14-30-61)91-89(94-74)62-31-15-8-16-32-62)86(96-76-38-22-18-34-64(76)68-50-56(2)42-46-80(68)96)88(98-78-40-24-20-36-66(78)70-52-58(4)44-48-82(70)98)87(97-77-39-23-19-35-65(77)69-51-57(3)43-47-81(69)97)84(85)90-92-71(59-25-9-5-10-26-59)53-72(93-90)60-27-11-6-12-28-60/h5-54H,1-4H3. The Balaban J connectivity index is 1.20. The van der Waals surface area contributed by atoms with Crippen molar-refractivity contribution in [1.82, 2.24) is 38.2 Å². The fourth-order valence-corrected chi connectivity index (χ4v) is 15.5. The smallest absolute Gasteiger partial charge is 0.164 e. The molecular weight excluding hydrogens is 1190 g/mol. The van der Waals surface area contributed by atoms with Crippen LogP contribution in [0.4, 0.5) is 0 Å². The van der Waals surface area contributed by atoms with Crippen LogP contribution in [0.3, 0.4) is 0 Å². The molecule has 0 spiro atoms. The quantitative estimate of drug-likeness (QED) is 0.137. The van der Waals surface area contributed by atoms with Crippen LogP contribution < -0.4 is 0 Å². The molecule has 0 saturated carbocycles. The summed E-state index contributed by atoms with van der Waals surface area (Å²) in [5.74, 6) is 1.11. The van der Waals surface area contributed by atoms with Gasteiger partial charge in [-0.25, -0.2) is 19.9 Å². The first-order valence-electron chi connectivity index (χ1n) is 33.5. The van der Waals surface area contributed by atoms with Gasteiger partial charge in [-0.2, -0.15) is 0 Å². The molecule has 8 nitrogen and oxygen atoms in total. The average Bonchev–Trinajstić information content (AvgIpc) is 1.42. The molecule has 462 valence electrons. The first kappa shape index (κ1) is 56.7. The van der Waals surface area contributed by atoms with Crippen molar-refractivity contribution in [2.45, 2.75) is 27.7 Å². The molecule has 6 aromatic heterocycles. The Hall–Kier alpha value is -12.8. The van der Waals surface area contributed by atoms with Gasteiger partial charge in [0.1, 0.15) is 0 Å². The van der Waals surface area contributed by atoms with Gasteiger partial charge in [0, 0.05) is 65.3 Å². The summed E-state index contributed by atoms with van der Waals surface area (Å²) in [5, 5.41) is 8.97. The number of rotatable bonds is 10. The molecule has 6 heterocycles. The number of nitrogens with zero attached hydrogens (tertiary/aromatic N) is 8. The van der Waals surface area contributed by atoms with Crippen molar-refractivity contribution in [1.29, 1.82) is 0 Å². The van der Waals surface area contributed by atoms with E-state index >= 15 is 0 Å². The molecule has 0 saturated heterocycles. The highest BCUT2D eigenvalue weighted by Crippen LogP contribution is 2.55. The van der Waals surface area contributed by atoms with E-state index in [0.29, 0.717) is 17.3 Å². The van der Waals surface area contributed by atoms with E-state index in [1.807, 2.05) is 0 Å². The molecule has 0 atom stereocenters. The minimum Gasteiger partial charge on any atom is -0.308 e. The number of aryl methyl sites for hydroxylation is 4.